The maximum atomic E-state index is 11.9. The Balaban J connectivity index is 1.72. The summed E-state index contributed by atoms with van der Waals surface area (Å²) in [4.78, 5) is 16.1. The number of rotatable bonds is 5. The van der Waals surface area contributed by atoms with Crippen molar-refractivity contribution in [2.45, 2.75) is 44.3 Å². The Hall–Kier alpha value is -1.63. The van der Waals surface area contributed by atoms with Crippen LogP contribution in [0, 0.1) is 5.92 Å². The second kappa shape index (κ2) is 7.77. The van der Waals surface area contributed by atoms with Crippen molar-refractivity contribution in [3.8, 4) is 0 Å². The summed E-state index contributed by atoms with van der Waals surface area (Å²) in [6, 6.07) is 3.46. The number of nitrogens with one attached hydrogen (secondary N) is 2. The van der Waals surface area contributed by atoms with Gasteiger partial charge in [-0.2, -0.15) is 0 Å². The third-order valence-corrected chi connectivity index (χ3v) is 6.11. The van der Waals surface area contributed by atoms with Gasteiger partial charge in [0, 0.05) is 19.0 Å². The lowest BCUT2D eigenvalue weighted by atomic mass is 9.89. The van der Waals surface area contributed by atoms with E-state index >= 15 is 0 Å². The highest BCUT2D eigenvalue weighted by Crippen LogP contribution is 2.27. The van der Waals surface area contributed by atoms with E-state index in [-0.39, 0.29) is 11.3 Å². The molecule has 1 heterocycles. The van der Waals surface area contributed by atoms with Crippen LogP contribution in [0.1, 0.15) is 38.2 Å². The Morgan fingerprint density at radius 2 is 1.96 bits per heavy atom. The molecule has 1 saturated carbocycles. The van der Waals surface area contributed by atoms with Gasteiger partial charge in [-0.25, -0.2) is 18.2 Å². The summed E-state index contributed by atoms with van der Waals surface area (Å²) in [7, 11) is -2.94. The second-order valence-electron chi connectivity index (χ2n) is 6.21. The third-order valence-electron chi connectivity index (χ3n) is 4.43. The summed E-state index contributed by atoms with van der Waals surface area (Å²) in [5.74, 6) is 0.870. The summed E-state index contributed by atoms with van der Waals surface area (Å²) < 4.78 is 23.0. The van der Waals surface area contributed by atoms with Gasteiger partial charge in [-0.3, -0.25) is 5.32 Å². The first-order chi connectivity index (χ1) is 10.9. The molecule has 0 saturated heterocycles. The molecule has 2 N–H and O–H groups in total. The molecule has 0 atom stereocenters. The van der Waals surface area contributed by atoms with Crippen molar-refractivity contribution in [3.63, 3.8) is 0 Å². The summed E-state index contributed by atoms with van der Waals surface area (Å²) in [5, 5.41) is 5.34. The average molecular weight is 339 g/mol. The van der Waals surface area contributed by atoms with Gasteiger partial charge in [0.05, 0.1) is 5.25 Å². The van der Waals surface area contributed by atoms with Crippen molar-refractivity contribution < 1.29 is 13.2 Å². The minimum Gasteiger partial charge on any atom is -0.338 e. The van der Waals surface area contributed by atoms with Crippen LogP contribution in [0.3, 0.4) is 0 Å². The SMILES string of the molecule is CCc1ccc(NC(=O)NCC2CCC(S(C)(=O)=O)CC2)nc1. The van der Waals surface area contributed by atoms with E-state index in [1.165, 1.54) is 6.26 Å². The molecular weight excluding hydrogens is 314 g/mol. The highest BCUT2D eigenvalue weighted by Gasteiger charge is 2.27. The molecule has 0 spiro atoms. The molecule has 23 heavy (non-hydrogen) atoms. The maximum Gasteiger partial charge on any atom is 0.320 e. The molecule has 1 aliphatic rings. The van der Waals surface area contributed by atoms with Gasteiger partial charge < -0.3 is 5.32 Å². The van der Waals surface area contributed by atoms with Crippen LogP contribution in [0.4, 0.5) is 10.6 Å². The molecule has 1 aromatic heterocycles. The van der Waals surface area contributed by atoms with Crippen molar-refractivity contribution >= 4 is 21.7 Å². The number of aromatic nitrogens is 1. The van der Waals surface area contributed by atoms with Crippen molar-refractivity contribution in [2.24, 2.45) is 5.92 Å². The fourth-order valence-corrected chi connectivity index (χ4v) is 4.00. The number of urea groups is 1. The minimum absolute atomic E-state index is 0.214. The number of sulfone groups is 1. The van der Waals surface area contributed by atoms with E-state index < -0.39 is 9.84 Å². The number of aryl methyl sites for hydroxylation is 1. The lowest BCUT2D eigenvalue weighted by Gasteiger charge is -2.27. The largest absolute Gasteiger partial charge is 0.338 e. The zero-order valence-corrected chi connectivity index (χ0v) is 14.5. The molecule has 0 radical (unpaired) electrons. The van der Waals surface area contributed by atoms with Crippen molar-refractivity contribution in [2.75, 3.05) is 18.1 Å². The van der Waals surface area contributed by atoms with Crippen LogP contribution >= 0.6 is 0 Å². The number of carbonyl (C=O) groups is 1. The van der Waals surface area contributed by atoms with Crippen LogP contribution in [0.2, 0.25) is 0 Å². The number of hydrogen-bond donors (Lipinski definition) is 2. The van der Waals surface area contributed by atoms with Crippen LogP contribution in [0.5, 0.6) is 0 Å². The van der Waals surface area contributed by atoms with Gasteiger partial charge in [0.25, 0.3) is 0 Å². The van der Waals surface area contributed by atoms with Gasteiger partial charge in [0.1, 0.15) is 15.7 Å². The summed E-state index contributed by atoms with van der Waals surface area (Å²) in [6.07, 6.45) is 7.01. The predicted octanol–water partition coefficient (Wildman–Crippen LogP) is 2.37. The molecular formula is C16H25N3O3S. The lowest BCUT2D eigenvalue weighted by molar-refractivity contribution is 0.247. The number of hydrogen-bond acceptors (Lipinski definition) is 4. The molecule has 0 aliphatic heterocycles. The van der Waals surface area contributed by atoms with Crippen LogP contribution in [-0.2, 0) is 16.3 Å². The van der Waals surface area contributed by atoms with Gasteiger partial charge in [-0.15, -0.1) is 0 Å². The normalized spacial score (nSPS) is 21.7. The fraction of sp³-hybridized carbons (Fsp3) is 0.625. The molecule has 2 amide bonds. The molecule has 0 unspecified atom stereocenters. The van der Waals surface area contributed by atoms with E-state index in [9.17, 15) is 13.2 Å². The molecule has 1 aliphatic carbocycles. The maximum absolute atomic E-state index is 11.9. The van der Waals surface area contributed by atoms with Gasteiger partial charge in [0.15, 0.2) is 0 Å². The van der Waals surface area contributed by atoms with Crippen molar-refractivity contribution in [3.05, 3.63) is 23.9 Å². The second-order valence-corrected chi connectivity index (χ2v) is 8.54. The Morgan fingerprint density at radius 1 is 1.26 bits per heavy atom. The summed E-state index contributed by atoms with van der Waals surface area (Å²) >= 11 is 0. The van der Waals surface area contributed by atoms with Crippen LogP contribution in [0.15, 0.2) is 18.3 Å². The highest BCUT2D eigenvalue weighted by atomic mass is 32.2. The smallest absolute Gasteiger partial charge is 0.320 e. The zero-order valence-electron chi connectivity index (χ0n) is 13.7. The average Bonchev–Trinajstić information content (AvgIpc) is 2.53. The first kappa shape index (κ1) is 17.7. The monoisotopic (exact) mass is 339 g/mol. The number of nitrogens with zero attached hydrogens (tertiary/aromatic N) is 1. The first-order valence-electron chi connectivity index (χ1n) is 8.07. The Morgan fingerprint density at radius 3 is 2.48 bits per heavy atom. The molecule has 6 nitrogen and oxygen atoms in total. The Kier molecular flexibility index (Phi) is 5.98. The quantitative estimate of drug-likeness (QED) is 0.862. The third kappa shape index (κ3) is 5.49. The van der Waals surface area contributed by atoms with E-state index in [0.29, 0.717) is 31.1 Å². The molecule has 1 fully saturated rings. The molecule has 128 valence electrons. The van der Waals surface area contributed by atoms with E-state index in [2.05, 4.69) is 22.5 Å². The number of anilines is 1. The van der Waals surface area contributed by atoms with Crippen LogP contribution in [-0.4, -0.2) is 37.5 Å². The van der Waals surface area contributed by atoms with E-state index in [0.717, 1.165) is 24.8 Å². The number of pyridine rings is 1. The fourth-order valence-electron chi connectivity index (χ4n) is 2.87. The van der Waals surface area contributed by atoms with Crippen molar-refractivity contribution in [1.82, 2.24) is 10.3 Å². The van der Waals surface area contributed by atoms with E-state index in [1.54, 1.807) is 12.3 Å². The van der Waals surface area contributed by atoms with E-state index in [1.807, 2.05) is 6.07 Å². The molecule has 2 rings (SSSR count). The lowest BCUT2D eigenvalue weighted by Crippen LogP contribution is -2.36. The summed E-state index contributed by atoms with van der Waals surface area (Å²) in [6.45, 7) is 2.62. The predicted molar refractivity (Wildman–Crippen MR) is 91.2 cm³/mol. The highest BCUT2D eigenvalue weighted by molar-refractivity contribution is 7.91. The van der Waals surface area contributed by atoms with E-state index in [4.69, 9.17) is 0 Å². The van der Waals surface area contributed by atoms with Gasteiger partial charge in [-0.05, 0) is 49.7 Å². The molecule has 7 heteroatoms. The minimum atomic E-state index is -2.94. The molecule has 1 aromatic rings. The first-order valence-corrected chi connectivity index (χ1v) is 10.0. The van der Waals surface area contributed by atoms with Gasteiger partial charge in [0.2, 0.25) is 0 Å². The standard InChI is InChI=1S/C16H25N3O3S/c1-3-12-6-9-15(17-10-12)19-16(20)18-11-13-4-7-14(8-5-13)23(2,21)22/h6,9-10,13-14H,3-5,7-8,11H2,1-2H3,(H2,17,18,19,20). The van der Waals surface area contributed by atoms with Gasteiger partial charge >= 0.3 is 6.03 Å². The topological polar surface area (TPSA) is 88.2 Å². The summed E-state index contributed by atoms with van der Waals surface area (Å²) in [5.41, 5.74) is 1.12. The molecule has 0 bridgehead atoms. The van der Waals surface area contributed by atoms with Crippen LogP contribution in [0.25, 0.3) is 0 Å². The number of amides is 2. The van der Waals surface area contributed by atoms with Crippen LogP contribution < -0.4 is 10.6 Å². The molecule has 0 aromatic carbocycles. The Bertz CT molecular complexity index is 620. The van der Waals surface area contributed by atoms with Gasteiger partial charge in [-0.1, -0.05) is 13.0 Å². The Labute approximate surface area is 138 Å². The zero-order chi connectivity index (χ0) is 16.9. The van der Waals surface area contributed by atoms with Crippen molar-refractivity contribution in [1.29, 1.82) is 0 Å². The number of carbonyl (C=O) groups excluding carboxylic acids is 1.